The molecule has 5 atom stereocenters. The van der Waals surface area contributed by atoms with E-state index in [0.29, 0.717) is 38.3 Å². The van der Waals surface area contributed by atoms with Gasteiger partial charge in [0.1, 0.15) is 41.4 Å². The number of aliphatic hydroxyl groups is 5. The number of aromatic nitrogens is 2. The second kappa shape index (κ2) is 11.4. The molecule has 6 aromatic rings. The smallest absolute Gasteiger partial charge is 0.276 e. The zero-order valence-electron chi connectivity index (χ0n) is 25.4. The first kappa shape index (κ1) is 31.0. The van der Waals surface area contributed by atoms with Crippen molar-refractivity contribution in [3.8, 4) is 11.5 Å². The lowest BCUT2D eigenvalue weighted by Crippen LogP contribution is -2.61. The summed E-state index contributed by atoms with van der Waals surface area (Å²) in [4.78, 5) is 38.0. The Morgan fingerprint density at radius 1 is 0.816 bits per heavy atom. The maximum Gasteiger partial charge on any atom is 0.276 e. The highest BCUT2D eigenvalue weighted by Gasteiger charge is 2.46. The van der Waals surface area contributed by atoms with Crippen LogP contribution in [-0.4, -0.2) is 99.6 Å². The Hall–Kier alpha value is -5.26. The number of carbonyl (C=O) groups excluding carboxylic acids is 2. The van der Waals surface area contributed by atoms with Crippen molar-refractivity contribution < 1.29 is 54.9 Å². The van der Waals surface area contributed by atoms with Crippen LogP contribution in [0.5, 0.6) is 11.5 Å². The zero-order valence-corrected chi connectivity index (χ0v) is 25.4. The van der Waals surface area contributed by atoms with Crippen LogP contribution < -0.4 is 10.3 Å². The van der Waals surface area contributed by atoms with Crippen molar-refractivity contribution in [1.29, 1.82) is 0 Å². The number of aromatic amines is 1. The van der Waals surface area contributed by atoms with Gasteiger partial charge in [0.05, 0.1) is 40.9 Å². The number of nitrogens with one attached hydrogen (secondary N) is 2. The van der Waals surface area contributed by atoms with Gasteiger partial charge in [0.2, 0.25) is 0 Å². The predicted molar refractivity (Wildman–Crippen MR) is 172 cm³/mol. The molecule has 0 radical (unpaired) electrons. The van der Waals surface area contributed by atoms with Crippen LogP contribution in [0.2, 0.25) is 0 Å². The largest absolute Gasteiger partial charge is 0.508 e. The standard InChI is InChI=1S/C34H30N4O11/c39-12-15-3-1-2-14(8-15)11-35-37-32(46)25-23-18-6-4-16(41)9-20(18)36-27(23)28-24(26(25)33(37)47)19-7-5-17(42)10-21(19)38(28)49-34-31(45)30(44)29(43)22(13-40)48-34/h1-10,22,29-31,34-36,39-45H,11-13H2/t22-,29-,30+,31-,34+/m1/s1. The molecule has 15 heteroatoms. The molecule has 4 heterocycles. The highest BCUT2D eigenvalue weighted by Crippen LogP contribution is 2.45. The van der Waals surface area contributed by atoms with E-state index in [-0.39, 0.29) is 52.2 Å². The van der Waals surface area contributed by atoms with Crippen molar-refractivity contribution in [2.75, 3.05) is 6.61 Å². The van der Waals surface area contributed by atoms with Crippen LogP contribution in [-0.2, 0) is 17.9 Å². The number of ether oxygens (including phenoxy) is 1. The minimum Gasteiger partial charge on any atom is -0.508 e. The van der Waals surface area contributed by atoms with Crippen LogP contribution in [0.3, 0.4) is 0 Å². The fourth-order valence-electron chi connectivity index (χ4n) is 6.86. The summed E-state index contributed by atoms with van der Waals surface area (Å²) in [6.45, 7) is -0.813. The average molecular weight is 671 g/mol. The monoisotopic (exact) mass is 670 g/mol. The molecule has 8 rings (SSSR count). The van der Waals surface area contributed by atoms with Gasteiger partial charge in [-0.3, -0.25) is 9.59 Å². The van der Waals surface area contributed by atoms with E-state index in [0.717, 1.165) is 5.01 Å². The molecule has 0 spiro atoms. The number of phenolic OH excluding ortho intramolecular Hbond substituents is 2. The Balaban J connectivity index is 1.37. The number of hydrogen-bond donors (Lipinski definition) is 9. The van der Waals surface area contributed by atoms with Crippen molar-refractivity contribution in [2.24, 2.45) is 0 Å². The summed E-state index contributed by atoms with van der Waals surface area (Å²) < 4.78 is 6.84. The number of H-pyrrole nitrogens is 1. The molecule has 0 bridgehead atoms. The normalized spacial score (nSPS) is 22.6. The SMILES string of the molecule is O=C1c2c(c3c4ccc(O)cc4n(O[C@@H]4O[C@H](CO)[C@@H](O)[C@H](O)[C@H]4O)c3c3[nH]c4cc(O)ccc4c23)C(=O)N1NCc1cccc(CO)c1. The van der Waals surface area contributed by atoms with Gasteiger partial charge in [-0.05, 0) is 35.4 Å². The molecule has 0 aliphatic carbocycles. The molecular weight excluding hydrogens is 640 g/mol. The molecule has 0 saturated carbocycles. The van der Waals surface area contributed by atoms with Gasteiger partial charge < -0.3 is 50.3 Å². The lowest BCUT2D eigenvalue weighted by atomic mass is 9.96. The summed E-state index contributed by atoms with van der Waals surface area (Å²) >= 11 is 0. The number of carbonyl (C=O) groups is 2. The summed E-state index contributed by atoms with van der Waals surface area (Å²) in [6, 6.07) is 15.8. The van der Waals surface area contributed by atoms with E-state index in [9.17, 15) is 45.3 Å². The lowest BCUT2D eigenvalue weighted by Gasteiger charge is -2.39. The van der Waals surface area contributed by atoms with Crippen LogP contribution in [0, 0.1) is 0 Å². The second-order valence-corrected chi connectivity index (χ2v) is 12.1. The highest BCUT2D eigenvalue weighted by atomic mass is 16.8. The van der Waals surface area contributed by atoms with Gasteiger partial charge in [0.25, 0.3) is 18.1 Å². The Morgan fingerprint density at radius 2 is 1.51 bits per heavy atom. The Labute approximate surface area is 275 Å². The topological polar surface area (TPSA) is 230 Å². The first-order valence-electron chi connectivity index (χ1n) is 15.4. The third-order valence-corrected chi connectivity index (χ3v) is 9.19. The fourth-order valence-corrected chi connectivity index (χ4v) is 6.86. The quantitative estimate of drug-likeness (QED) is 0.108. The number of hydrazine groups is 1. The number of nitrogens with zero attached hydrogens (tertiary/aromatic N) is 2. The van der Waals surface area contributed by atoms with E-state index in [4.69, 9.17) is 9.57 Å². The molecule has 252 valence electrons. The van der Waals surface area contributed by atoms with Gasteiger partial charge in [0, 0.05) is 40.2 Å². The summed E-state index contributed by atoms with van der Waals surface area (Å²) in [5.41, 5.74) is 5.49. The predicted octanol–water partition coefficient (Wildman–Crippen LogP) is 0.862. The van der Waals surface area contributed by atoms with E-state index in [1.165, 1.54) is 35.1 Å². The Morgan fingerprint density at radius 3 is 2.24 bits per heavy atom. The van der Waals surface area contributed by atoms with Crippen molar-refractivity contribution in [3.05, 3.63) is 82.9 Å². The van der Waals surface area contributed by atoms with Gasteiger partial charge in [0.15, 0.2) is 0 Å². The number of hydrogen-bond acceptors (Lipinski definition) is 12. The number of aromatic hydroxyl groups is 2. The van der Waals surface area contributed by atoms with Gasteiger partial charge >= 0.3 is 0 Å². The number of fused-ring (bicyclic) bond motifs is 10. The lowest BCUT2D eigenvalue weighted by molar-refractivity contribution is -0.298. The molecule has 2 aliphatic heterocycles. The minimum atomic E-state index is -1.79. The van der Waals surface area contributed by atoms with Gasteiger partial charge in [-0.15, -0.1) is 0 Å². The van der Waals surface area contributed by atoms with Gasteiger partial charge in [-0.2, -0.15) is 4.73 Å². The number of rotatable bonds is 7. The van der Waals surface area contributed by atoms with Crippen molar-refractivity contribution in [2.45, 2.75) is 43.9 Å². The molecule has 2 aromatic heterocycles. The maximum atomic E-state index is 14.3. The van der Waals surface area contributed by atoms with Crippen molar-refractivity contribution in [1.82, 2.24) is 20.1 Å². The summed E-state index contributed by atoms with van der Waals surface area (Å²) in [5.74, 6) is -1.57. The van der Waals surface area contributed by atoms with E-state index in [1.54, 1.807) is 30.3 Å². The number of aliphatic hydroxyl groups excluding tert-OH is 5. The highest BCUT2D eigenvalue weighted by molar-refractivity contribution is 6.39. The number of imide groups is 1. The molecule has 1 saturated heterocycles. The first-order valence-corrected chi connectivity index (χ1v) is 15.4. The molecule has 1 fully saturated rings. The van der Waals surface area contributed by atoms with Gasteiger partial charge in [-0.25, -0.2) is 10.4 Å². The van der Waals surface area contributed by atoms with Crippen molar-refractivity contribution in [3.63, 3.8) is 0 Å². The second-order valence-electron chi connectivity index (χ2n) is 12.1. The maximum absolute atomic E-state index is 14.3. The van der Waals surface area contributed by atoms with E-state index < -0.39 is 49.1 Å². The summed E-state index contributed by atoms with van der Waals surface area (Å²) in [6.07, 6.45) is -8.14. The van der Waals surface area contributed by atoms with Crippen LogP contribution in [0.15, 0.2) is 60.7 Å². The Kier molecular flexibility index (Phi) is 7.23. The summed E-state index contributed by atoms with van der Waals surface area (Å²) in [5, 5.41) is 74.2. The fraction of sp³-hybridized carbons (Fsp3) is 0.235. The van der Waals surface area contributed by atoms with Crippen molar-refractivity contribution >= 4 is 55.4 Å². The van der Waals surface area contributed by atoms with Crippen LogP contribution in [0.4, 0.5) is 0 Å². The molecule has 9 N–H and O–H groups in total. The molecule has 49 heavy (non-hydrogen) atoms. The first-order chi connectivity index (χ1) is 23.6. The molecule has 0 unspecified atom stereocenters. The van der Waals surface area contributed by atoms with Gasteiger partial charge in [-0.1, -0.05) is 24.3 Å². The third kappa shape index (κ3) is 4.63. The van der Waals surface area contributed by atoms with Crippen LogP contribution in [0.1, 0.15) is 31.8 Å². The Bertz CT molecular complexity index is 2330. The average Bonchev–Trinajstić information content (AvgIpc) is 3.70. The van der Waals surface area contributed by atoms with Crippen LogP contribution in [0.25, 0.3) is 43.6 Å². The summed E-state index contributed by atoms with van der Waals surface area (Å²) in [7, 11) is 0. The molecular formula is C34H30N4O11. The van der Waals surface area contributed by atoms with E-state index in [2.05, 4.69) is 10.4 Å². The number of amides is 2. The molecule has 2 aliphatic rings. The third-order valence-electron chi connectivity index (χ3n) is 9.19. The van der Waals surface area contributed by atoms with E-state index >= 15 is 0 Å². The van der Waals surface area contributed by atoms with E-state index in [1.807, 2.05) is 0 Å². The molecule has 2 amide bonds. The minimum absolute atomic E-state index is 0.0185. The zero-order chi connectivity index (χ0) is 34.3. The molecule has 15 nitrogen and oxygen atoms in total. The number of benzene rings is 4. The number of phenols is 2. The molecule has 4 aromatic carbocycles. The van der Waals surface area contributed by atoms with Crippen LogP contribution >= 0.6 is 0 Å².